The molecule has 1 aliphatic heterocycles. The zero-order valence-electron chi connectivity index (χ0n) is 16.7. The predicted molar refractivity (Wildman–Crippen MR) is 117 cm³/mol. The molecule has 0 atom stereocenters. The van der Waals surface area contributed by atoms with Crippen molar-refractivity contribution in [3.8, 4) is 0 Å². The highest BCUT2D eigenvalue weighted by molar-refractivity contribution is 7.98. The second-order valence-corrected chi connectivity index (χ2v) is 8.90. The van der Waals surface area contributed by atoms with Crippen molar-refractivity contribution in [3.63, 3.8) is 0 Å². The molecule has 1 N–H and O–H groups in total. The van der Waals surface area contributed by atoms with Crippen molar-refractivity contribution < 1.29 is 9.59 Å². The Balaban J connectivity index is 1.15. The van der Waals surface area contributed by atoms with Crippen molar-refractivity contribution in [2.24, 2.45) is 5.92 Å². The van der Waals surface area contributed by atoms with Gasteiger partial charge in [0.2, 0.25) is 5.91 Å². The van der Waals surface area contributed by atoms with E-state index in [4.69, 9.17) is 0 Å². The first-order valence-corrected chi connectivity index (χ1v) is 11.4. The Morgan fingerprint density at radius 1 is 0.967 bits per heavy atom. The molecule has 2 amide bonds. The van der Waals surface area contributed by atoms with Gasteiger partial charge in [-0.2, -0.15) is 0 Å². The number of aromatic nitrogens is 2. The zero-order valence-corrected chi connectivity index (χ0v) is 17.5. The van der Waals surface area contributed by atoms with Crippen molar-refractivity contribution in [1.82, 2.24) is 19.8 Å². The van der Waals surface area contributed by atoms with Crippen molar-refractivity contribution in [2.75, 3.05) is 26.2 Å². The van der Waals surface area contributed by atoms with Crippen molar-refractivity contribution in [2.45, 2.75) is 23.8 Å². The normalized spacial score (nSPS) is 16.8. The van der Waals surface area contributed by atoms with Crippen LogP contribution in [-0.2, 0) is 10.5 Å². The van der Waals surface area contributed by atoms with Crippen LogP contribution in [0.2, 0.25) is 0 Å². The molecule has 2 fully saturated rings. The molecule has 0 unspecified atom stereocenters. The fourth-order valence-corrected chi connectivity index (χ4v) is 4.63. The van der Waals surface area contributed by atoms with Gasteiger partial charge in [-0.25, -0.2) is 4.98 Å². The number of nitrogens with zero attached hydrogens (tertiary/aromatic N) is 3. The van der Waals surface area contributed by atoms with E-state index in [-0.39, 0.29) is 17.7 Å². The number of hydrogen-bond donors (Lipinski definition) is 1. The molecule has 3 aromatic rings. The molecule has 6 nitrogen and oxygen atoms in total. The van der Waals surface area contributed by atoms with E-state index < -0.39 is 0 Å². The minimum Gasteiger partial charge on any atom is -0.339 e. The molecule has 2 aromatic carbocycles. The van der Waals surface area contributed by atoms with E-state index in [1.54, 1.807) is 11.8 Å². The van der Waals surface area contributed by atoms with Crippen LogP contribution in [0.5, 0.6) is 0 Å². The van der Waals surface area contributed by atoms with Gasteiger partial charge in [-0.05, 0) is 42.7 Å². The second-order valence-electron chi connectivity index (χ2n) is 7.94. The van der Waals surface area contributed by atoms with Gasteiger partial charge in [-0.15, -0.1) is 0 Å². The third-order valence-corrected chi connectivity index (χ3v) is 6.69. The molecule has 2 heterocycles. The Bertz CT molecular complexity index is 1030. The number of aromatic amines is 1. The van der Waals surface area contributed by atoms with E-state index in [1.807, 2.05) is 58.3 Å². The number of carbonyl (C=O) groups excluding carboxylic acids is 2. The lowest BCUT2D eigenvalue weighted by atomic mass is 10.1. The lowest BCUT2D eigenvalue weighted by molar-refractivity contribution is -0.134. The fourth-order valence-electron chi connectivity index (χ4n) is 3.79. The first-order chi connectivity index (χ1) is 14.7. The molecule has 0 bridgehead atoms. The summed E-state index contributed by atoms with van der Waals surface area (Å²) in [7, 11) is 0. The summed E-state index contributed by atoms with van der Waals surface area (Å²) in [5.41, 5.74) is 3.87. The largest absolute Gasteiger partial charge is 0.339 e. The molecular weight excluding hydrogens is 396 g/mol. The maximum Gasteiger partial charge on any atom is 0.253 e. The molecule has 154 valence electrons. The van der Waals surface area contributed by atoms with Gasteiger partial charge in [0.1, 0.15) is 0 Å². The van der Waals surface area contributed by atoms with E-state index >= 15 is 0 Å². The number of amides is 2. The smallest absolute Gasteiger partial charge is 0.253 e. The van der Waals surface area contributed by atoms with Gasteiger partial charge in [0.15, 0.2) is 5.16 Å². The highest BCUT2D eigenvalue weighted by Gasteiger charge is 2.35. The van der Waals surface area contributed by atoms with E-state index in [9.17, 15) is 9.59 Å². The van der Waals surface area contributed by atoms with Gasteiger partial charge in [-0.1, -0.05) is 36.0 Å². The quantitative estimate of drug-likeness (QED) is 0.641. The highest BCUT2D eigenvalue weighted by atomic mass is 32.2. The topological polar surface area (TPSA) is 69.3 Å². The summed E-state index contributed by atoms with van der Waals surface area (Å²) in [5.74, 6) is 1.35. The van der Waals surface area contributed by atoms with Crippen LogP contribution < -0.4 is 0 Å². The standard InChI is InChI=1S/C23H24N4O2S/c28-21(26-11-13-27(14-12-26)22(29)18-9-10-18)17-7-5-16(6-8-17)15-30-23-24-19-3-1-2-4-20(19)25-23/h1-8,18H,9-15H2,(H,24,25). The van der Waals surface area contributed by atoms with Gasteiger partial charge in [0.05, 0.1) is 11.0 Å². The molecule has 7 heteroatoms. The Morgan fingerprint density at radius 2 is 1.67 bits per heavy atom. The number of imidazole rings is 1. The first-order valence-electron chi connectivity index (χ1n) is 10.4. The number of hydrogen-bond acceptors (Lipinski definition) is 4. The van der Waals surface area contributed by atoms with Crippen molar-refractivity contribution in [3.05, 3.63) is 59.7 Å². The van der Waals surface area contributed by atoms with Gasteiger partial charge in [-0.3, -0.25) is 9.59 Å². The van der Waals surface area contributed by atoms with Crippen LogP contribution in [0.25, 0.3) is 11.0 Å². The SMILES string of the molecule is O=C(c1ccc(CSc2nc3ccccc3[nH]2)cc1)N1CCN(C(=O)C2CC2)CC1. The highest BCUT2D eigenvalue weighted by Crippen LogP contribution is 2.31. The Kier molecular flexibility index (Phi) is 5.21. The number of piperazine rings is 1. The molecular formula is C23H24N4O2S. The van der Waals surface area contributed by atoms with Crippen LogP contribution in [0.3, 0.4) is 0 Å². The third-order valence-electron chi connectivity index (χ3n) is 5.75. The van der Waals surface area contributed by atoms with Crippen LogP contribution in [0.1, 0.15) is 28.8 Å². The van der Waals surface area contributed by atoms with E-state index in [2.05, 4.69) is 9.97 Å². The Labute approximate surface area is 179 Å². The molecule has 0 spiro atoms. The molecule has 1 aliphatic carbocycles. The fraction of sp³-hybridized carbons (Fsp3) is 0.348. The first kappa shape index (κ1) is 19.2. The molecule has 30 heavy (non-hydrogen) atoms. The van der Waals surface area contributed by atoms with Crippen LogP contribution in [0.4, 0.5) is 0 Å². The summed E-state index contributed by atoms with van der Waals surface area (Å²) in [6.45, 7) is 2.52. The number of thioether (sulfide) groups is 1. The average molecular weight is 421 g/mol. The van der Waals surface area contributed by atoms with Gasteiger partial charge in [0, 0.05) is 43.4 Å². The van der Waals surface area contributed by atoms with Crippen LogP contribution in [0.15, 0.2) is 53.7 Å². The van der Waals surface area contributed by atoms with E-state index in [1.165, 1.54) is 0 Å². The number of nitrogens with one attached hydrogen (secondary N) is 1. The summed E-state index contributed by atoms with van der Waals surface area (Å²) in [6, 6.07) is 15.8. The second kappa shape index (κ2) is 8.14. The average Bonchev–Trinajstić information content (AvgIpc) is 3.56. The lowest BCUT2D eigenvalue weighted by Gasteiger charge is -2.35. The molecule has 5 rings (SSSR count). The monoisotopic (exact) mass is 420 g/mol. The molecule has 0 radical (unpaired) electrons. The lowest BCUT2D eigenvalue weighted by Crippen LogP contribution is -2.51. The summed E-state index contributed by atoms with van der Waals surface area (Å²) in [5, 5.41) is 0.898. The number of rotatable bonds is 5. The number of carbonyl (C=O) groups is 2. The summed E-state index contributed by atoms with van der Waals surface area (Å²) in [4.78, 5) is 36.7. The van der Waals surface area contributed by atoms with Crippen molar-refractivity contribution in [1.29, 1.82) is 0 Å². The molecule has 1 saturated carbocycles. The summed E-state index contributed by atoms with van der Waals surface area (Å²) in [6.07, 6.45) is 2.05. The minimum atomic E-state index is 0.0463. The van der Waals surface area contributed by atoms with Crippen LogP contribution >= 0.6 is 11.8 Å². The van der Waals surface area contributed by atoms with Gasteiger partial charge < -0.3 is 14.8 Å². The molecule has 1 saturated heterocycles. The van der Waals surface area contributed by atoms with Gasteiger partial charge >= 0.3 is 0 Å². The summed E-state index contributed by atoms with van der Waals surface area (Å²) < 4.78 is 0. The predicted octanol–water partition coefficient (Wildman–Crippen LogP) is 3.55. The Hall–Kier alpha value is -2.80. The maximum absolute atomic E-state index is 12.8. The number of H-pyrrole nitrogens is 1. The minimum absolute atomic E-state index is 0.0463. The van der Waals surface area contributed by atoms with Gasteiger partial charge in [0.25, 0.3) is 5.91 Å². The van der Waals surface area contributed by atoms with Crippen molar-refractivity contribution >= 4 is 34.6 Å². The van der Waals surface area contributed by atoms with Crippen LogP contribution in [-0.4, -0.2) is 57.8 Å². The molecule has 1 aromatic heterocycles. The van der Waals surface area contributed by atoms with E-state index in [0.29, 0.717) is 31.7 Å². The summed E-state index contributed by atoms with van der Waals surface area (Å²) >= 11 is 1.65. The maximum atomic E-state index is 12.8. The Morgan fingerprint density at radius 3 is 2.37 bits per heavy atom. The zero-order chi connectivity index (χ0) is 20.5. The van der Waals surface area contributed by atoms with E-state index in [0.717, 1.165) is 40.3 Å². The number of benzene rings is 2. The number of fused-ring (bicyclic) bond motifs is 1. The molecule has 2 aliphatic rings. The van der Waals surface area contributed by atoms with Crippen LogP contribution in [0, 0.1) is 5.92 Å². The third kappa shape index (κ3) is 4.07. The number of para-hydroxylation sites is 2.